The predicted octanol–water partition coefficient (Wildman–Crippen LogP) is 1.70. The second-order valence-electron chi connectivity index (χ2n) is 5.09. The minimum absolute atomic E-state index is 0.0878. The van der Waals surface area contributed by atoms with Crippen LogP contribution in [0.25, 0.3) is 0 Å². The van der Waals surface area contributed by atoms with Crippen molar-refractivity contribution in [3.05, 3.63) is 30.1 Å². The summed E-state index contributed by atoms with van der Waals surface area (Å²) in [6, 6.07) is 6.33. The van der Waals surface area contributed by atoms with Crippen LogP contribution in [0.15, 0.2) is 24.4 Å². The quantitative estimate of drug-likeness (QED) is 0.832. The Labute approximate surface area is 108 Å². The van der Waals surface area contributed by atoms with E-state index in [1.165, 1.54) is 0 Å². The Morgan fingerprint density at radius 1 is 1.56 bits per heavy atom. The molecule has 2 rings (SSSR count). The number of carbonyl (C=O) groups is 1. The molecule has 1 unspecified atom stereocenters. The third-order valence-corrected chi connectivity index (χ3v) is 3.18. The fraction of sp³-hybridized carbons (Fsp3) is 0.571. The van der Waals surface area contributed by atoms with E-state index < -0.39 is 0 Å². The van der Waals surface area contributed by atoms with Crippen LogP contribution in [0.2, 0.25) is 0 Å². The molecule has 0 aromatic carbocycles. The van der Waals surface area contributed by atoms with Gasteiger partial charge in [-0.3, -0.25) is 9.78 Å². The molecular formula is C14H21N3O. The van der Waals surface area contributed by atoms with Gasteiger partial charge in [0.15, 0.2) is 0 Å². The Hall–Kier alpha value is -1.42. The van der Waals surface area contributed by atoms with Gasteiger partial charge in [-0.1, -0.05) is 6.07 Å². The van der Waals surface area contributed by atoms with Crippen LogP contribution >= 0.6 is 0 Å². The molecule has 0 radical (unpaired) electrons. The first kappa shape index (κ1) is 13.0. The summed E-state index contributed by atoms with van der Waals surface area (Å²) < 4.78 is 0. The summed E-state index contributed by atoms with van der Waals surface area (Å²) in [5.41, 5.74) is 6.66. The zero-order valence-electron chi connectivity index (χ0n) is 10.9. The third kappa shape index (κ3) is 3.81. The molecule has 4 heteroatoms. The van der Waals surface area contributed by atoms with E-state index in [1.807, 2.05) is 30.0 Å². The normalized spacial score (nSPS) is 16.3. The van der Waals surface area contributed by atoms with Crippen molar-refractivity contribution in [2.45, 2.75) is 51.2 Å². The van der Waals surface area contributed by atoms with Gasteiger partial charge in [0.1, 0.15) is 0 Å². The predicted molar refractivity (Wildman–Crippen MR) is 70.7 cm³/mol. The molecule has 0 bridgehead atoms. The van der Waals surface area contributed by atoms with Gasteiger partial charge in [-0.25, -0.2) is 0 Å². The lowest BCUT2D eigenvalue weighted by Crippen LogP contribution is -2.33. The number of hydrogen-bond donors (Lipinski definition) is 1. The molecular weight excluding hydrogens is 226 g/mol. The Morgan fingerprint density at radius 3 is 2.89 bits per heavy atom. The van der Waals surface area contributed by atoms with Crippen molar-refractivity contribution >= 4 is 5.91 Å². The minimum Gasteiger partial charge on any atom is -0.334 e. The van der Waals surface area contributed by atoms with E-state index in [2.05, 4.69) is 4.98 Å². The number of carbonyl (C=O) groups excluding carboxylic acids is 1. The van der Waals surface area contributed by atoms with Crippen molar-refractivity contribution in [3.63, 3.8) is 0 Å². The van der Waals surface area contributed by atoms with Gasteiger partial charge in [0.2, 0.25) is 5.91 Å². The highest BCUT2D eigenvalue weighted by atomic mass is 16.2. The highest BCUT2D eigenvalue weighted by Crippen LogP contribution is 2.28. The number of nitrogens with zero attached hydrogens (tertiary/aromatic N) is 2. The zero-order valence-corrected chi connectivity index (χ0v) is 10.9. The number of nitrogens with two attached hydrogens (primary N) is 1. The molecule has 1 fully saturated rings. The molecule has 0 saturated heterocycles. The maximum Gasteiger partial charge on any atom is 0.223 e. The van der Waals surface area contributed by atoms with E-state index in [9.17, 15) is 4.79 Å². The largest absolute Gasteiger partial charge is 0.334 e. The number of hydrogen-bond acceptors (Lipinski definition) is 3. The van der Waals surface area contributed by atoms with E-state index >= 15 is 0 Å². The van der Waals surface area contributed by atoms with Gasteiger partial charge in [0.25, 0.3) is 0 Å². The first-order chi connectivity index (χ1) is 8.66. The van der Waals surface area contributed by atoms with Crippen molar-refractivity contribution in [2.24, 2.45) is 5.73 Å². The SMILES string of the molecule is CC(N)CCC(=O)N(Cc1ccccn1)C1CC1. The average molecular weight is 247 g/mol. The van der Waals surface area contributed by atoms with Crippen LogP contribution in [0, 0.1) is 0 Å². The smallest absolute Gasteiger partial charge is 0.223 e. The molecule has 0 aliphatic heterocycles. The summed E-state index contributed by atoms with van der Waals surface area (Å²) in [4.78, 5) is 18.4. The van der Waals surface area contributed by atoms with Crippen LogP contribution in [-0.4, -0.2) is 27.9 Å². The first-order valence-electron chi connectivity index (χ1n) is 6.62. The molecule has 1 aromatic heterocycles. The van der Waals surface area contributed by atoms with E-state index in [0.717, 1.165) is 25.0 Å². The molecule has 0 spiro atoms. The molecule has 1 atom stereocenters. The highest BCUT2D eigenvalue weighted by molar-refractivity contribution is 5.76. The van der Waals surface area contributed by atoms with E-state index in [-0.39, 0.29) is 11.9 Å². The highest BCUT2D eigenvalue weighted by Gasteiger charge is 2.32. The summed E-state index contributed by atoms with van der Waals surface area (Å²) in [5, 5.41) is 0. The summed E-state index contributed by atoms with van der Waals surface area (Å²) in [5.74, 6) is 0.209. The second kappa shape index (κ2) is 5.96. The number of aromatic nitrogens is 1. The van der Waals surface area contributed by atoms with E-state index in [0.29, 0.717) is 19.0 Å². The molecule has 98 valence electrons. The van der Waals surface area contributed by atoms with Gasteiger partial charge in [0, 0.05) is 24.7 Å². The molecule has 18 heavy (non-hydrogen) atoms. The van der Waals surface area contributed by atoms with E-state index in [1.54, 1.807) is 6.20 Å². The molecule has 1 amide bonds. The Kier molecular flexibility index (Phi) is 4.31. The number of pyridine rings is 1. The zero-order chi connectivity index (χ0) is 13.0. The number of amides is 1. The van der Waals surface area contributed by atoms with Gasteiger partial charge in [-0.05, 0) is 38.3 Å². The minimum atomic E-state index is 0.0878. The summed E-state index contributed by atoms with van der Waals surface area (Å²) in [7, 11) is 0. The van der Waals surface area contributed by atoms with Crippen LogP contribution in [-0.2, 0) is 11.3 Å². The van der Waals surface area contributed by atoms with Crippen molar-refractivity contribution < 1.29 is 4.79 Å². The van der Waals surface area contributed by atoms with Gasteiger partial charge in [-0.15, -0.1) is 0 Å². The molecule has 1 aromatic rings. The van der Waals surface area contributed by atoms with Crippen LogP contribution in [0.4, 0.5) is 0 Å². The fourth-order valence-corrected chi connectivity index (χ4v) is 1.97. The Bertz CT molecular complexity index is 387. The van der Waals surface area contributed by atoms with Crippen molar-refractivity contribution in [3.8, 4) is 0 Å². The maximum absolute atomic E-state index is 12.2. The van der Waals surface area contributed by atoms with Crippen LogP contribution in [0.1, 0.15) is 38.3 Å². The second-order valence-corrected chi connectivity index (χ2v) is 5.09. The summed E-state index contributed by atoms with van der Waals surface area (Å²) in [6.07, 6.45) is 5.31. The summed E-state index contributed by atoms with van der Waals surface area (Å²) >= 11 is 0. The van der Waals surface area contributed by atoms with E-state index in [4.69, 9.17) is 5.73 Å². The Morgan fingerprint density at radius 2 is 2.33 bits per heavy atom. The first-order valence-corrected chi connectivity index (χ1v) is 6.62. The maximum atomic E-state index is 12.2. The lowest BCUT2D eigenvalue weighted by molar-refractivity contribution is -0.132. The fourth-order valence-electron chi connectivity index (χ4n) is 1.97. The molecule has 1 aliphatic carbocycles. The Balaban J connectivity index is 1.94. The topological polar surface area (TPSA) is 59.2 Å². The monoisotopic (exact) mass is 247 g/mol. The third-order valence-electron chi connectivity index (χ3n) is 3.18. The van der Waals surface area contributed by atoms with Gasteiger partial charge in [0.05, 0.1) is 12.2 Å². The lowest BCUT2D eigenvalue weighted by Gasteiger charge is -2.22. The lowest BCUT2D eigenvalue weighted by atomic mass is 10.1. The van der Waals surface area contributed by atoms with Crippen LogP contribution in [0.5, 0.6) is 0 Å². The average Bonchev–Trinajstić information content (AvgIpc) is 3.18. The van der Waals surface area contributed by atoms with Gasteiger partial charge < -0.3 is 10.6 Å². The van der Waals surface area contributed by atoms with Crippen molar-refractivity contribution in [2.75, 3.05) is 0 Å². The molecule has 1 heterocycles. The number of rotatable bonds is 6. The van der Waals surface area contributed by atoms with Crippen LogP contribution < -0.4 is 5.73 Å². The van der Waals surface area contributed by atoms with Crippen molar-refractivity contribution in [1.29, 1.82) is 0 Å². The summed E-state index contributed by atoms with van der Waals surface area (Å²) in [6.45, 7) is 2.57. The van der Waals surface area contributed by atoms with Gasteiger partial charge >= 0.3 is 0 Å². The van der Waals surface area contributed by atoms with Crippen molar-refractivity contribution in [1.82, 2.24) is 9.88 Å². The molecule has 1 saturated carbocycles. The molecule has 2 N–H and O–H groups in total. The van der Waals surface area contributed by atoms with Gasteiger partial charge in [-0.2, -0.15) is 0 Å². The standard InChI is InChI=1S/C14H21N3O/c1-11(15)5-8-14(18)17(13-6-7-13)10-12-4-2-3-9-16-12/h2-4,9,11,13H,5-8,10,15H2,1H3. The molecule has 4 nitrogen and oxygen atoms in total. The van der Waals surface area contributed by atoms with Crippen LogP contribution in [0.3, 0.4) is 0 Å². The molecule has 1 aliphatic rings.